The summed E-state index contributed by atoms with van der Waals surface area (Å²) < 4.78 is 4.98. The van der Waals surface area contributed by atoms with Crippen LogP contribution in [0.25, 0.3) is 0 Å². The third-order valence-corrected chi connectivity index (χ3v) is 1.63. The number of esters is 1. The van der Waals surface area contributed by atoms with Crippen LogP contribution in [0.15, 0.2) is 12.2 Å². The molecule has 0 aliphatic rings. The molecule has 0 radical (unpaired) electrons. The topological polar surface area (TPSA) is 26.3 Å². The predicted molar refractivity (Wildman–Crippen MR) is 49.8 cm³/mol. The zero-order valence-electron chi connectivity index (χ0n) is 8.22. The zero-order chi connectivity index (χ0) is 9.56. The third kappa shape index (κ3) is 4.94. The lowest BCUT2D eigenvalue weighted by Gasteiger charge is -2.10. The number of carbonyl (C=O) groups excluding carboxylic acids is 1. The van der Waals surface area contributed by atoms with Gasteiger partial charge in [0.25, 0.3) is 0 Å². The van der Waals surface area contributed by atoms with Crippen LogP contribution in [0.3, 0.4) is 0 Å². The first kappa shape index (κ1) is 11.2. The Hall–Kier alpha value is -0.790. The fraction of sp³-hybridized carbons (Fsp3) is 0.700. The molecule has 2 heteroatoms. The lowest BCUT2D eigenvalue weighted by Crippen LogP contribution is -2.11. The number of ether oxygens (including phenoxy) is 1. The maximum atomic E-state index is 10.9. The summed E-state index contributed by atoms with van der Waals surface area (Å²) in [4.78, 5) is 10.9. The van der Waals surface area contributed by atoms with E-state index in [1.165, 1.54) is 0 Å². The highest BCUT2D eigenvalue weighted by Crippen LogP contribution is 2.06. The summed E-state index contributed by atoms with van der Waals surface area (Å²) in [7, 11) is 0. The molecular formula is C10H18O2. The van der Waals surface area contributed by atoms with E-state index in [0.717, 1.165) is 12.8 Å². The van der Waals surface area contributed by atoms with Gasteiger partial charge in [-0.25, -0.2) is 4.79 Å². The molecule has 0 saturated heterocycles. The van der Waals surface area contributed by atoms with E-state index < -0.39 is 0 Å². The second-order valence-corrected chi connectivity index (χ2v) is 3.27. The van der Waals surface area contributed by atoms with Crippen molar-refractivity contribution in [2.75, 3.05) is 6.61 Å². The number of hydrogen-bond donors (Lipinski definition) is 0. The second kappa shape index (κ2) is 5.81. The summed E-state index contributed by atoms with van der Waals surface area (Å²) in [6.07, 6.45) is 2.23. The summed E-state index contributed by atoms with van der Waals surface area (Å²) in [6.45, 7) is 9.88. The van der Waals surface area contributed by atoms with E-state index in [2.05, 4.69) is 20.4 Å². The van der Waals surface area contributed by atoms with Gasteiger partial charge in [0.2, 0.25) is 0 Å². The van der Waals surface area contributed by atoms with E-state index in [0.29, 0.717) is 18.1 Å². The largest absolute Gasteiger partial charge is 0.462 e. The minimum absolute atomic E-state index is 0.280. The van der Waals surface area contributed by atoms with Crippen molar-refractivity contribution in [1.29, 1.82) is 0 Å². The SMILES string of the molecule is C=C(C)C(=O)OCC(C)CCC. The van der Waals surface area contributed by atoms with Crippen molar-refractivity contribution < 1.29 is 9.53 Å². The summed E-state index contributed by atoms with van der Waals surface area (Å²) in [5.41, 5.74) is 0.471. The van der Waals surface area contributed by atoms with Crippen molar-refractivity contribution in [2.24, 2.45) is 5.92 Å². The van der Waals surface area contributed by atoms with E-state index in [9.17, 15) is 4.79 Å². The van der Waals surface area contributed by atoms with Gasteiger partial charge in [-0.2, -0.15) is 0 Å². The Labute approximate surface area is 74.6 Å². The molecule has 0 aromatic heterocycles. The average Bonchev–Trinajstić information content (AvgIpc) is 2.00. The fourth-order valence-corrected chi connectivity index (χ4v) is 0.917. The Kier molecular flexibility index (Phi) is 5.43. The smallest absolute Gasteiger partial charge is 0.333 e. The molecule has 0 heterocycles. The van der Waals surface area contributed by atoms with Crippen LogP contribution in [0.4, 0.5) is 0 Å². The maximum absolute atomic E-state index is 10.9. The molecule has 1 atom stereocenters. The van der Waals surface area contributed by atoms with Crippen LogP contribution in [-0.2, 0) is 9.53 Å². The second-order valence-electron chi connectivity index (χ2n) is 3.27. The molecule has 0 aromatic carbocycles. The van der Waals surface area contributed by atoms with Gasteiger partial charge in [-0.1, -0.05) is 26.8 Å². The van der Waals surface area contributed by atoms with Crippen LogP contribution in [0.5, 0.6) is 0 Å². The zero-order valence-corrected chi connectivity index (χ0v) is 8.22. The number of carbonyl (C=O) groups is 1. The Morgan fingerprint density at radius 2 is 2.17 bits per heavy atom. The van der Waals surface area contributed by atoms with E-state index in [1.54, 1.807) is 6.92 Å². The lowest BCUT2D eigenvalue weighted by atomic mass is 10.1. The third-order valence-electron chi connectivity index (χ3n) is 1.63. The molecule has 1 unspecified atom stereocenters. The van der Waals surface area contributed by atoms with E-state index in [-0.39, 0.29) is 5.97 Å². The van der Waals surface area contributed by atoms with Gasteiger partial charge in [0.15, 0.2) is 0 Å². The normalized spacial score (nSPS) is 12.2. The Balaban J connectivity index is 3.54. The van der Waals surface area contributed by atoms with Crippen molar-refractivity contribution in [3.63, 3.8) is 0 Å². The lowest BCUT2D eigenvalue weighted by molar-refractivity contribution is -0.140. The van der Waals surface area contributed by atoms with Crippen molar-refractivity contribution in [3.05, 3.63) is 12.2 Å². The van der Waals surface area contributed by atoms with Crippen molar-refractivity contribution in [2.45, 2.75) is 33.6 Å². The van der Waals surface area contributed by atoms with Gasteiger partial charge in [0.05, 0.1) is 6.61 Å². The monoisotopic (exact) mass is 170 g/mol. The average molecular weight is 170 g/mol. The summed E-state index contributed by atoms with van der Waals surface area (Å²) in [6, 6.07) is 0. The first-order valence-electron chi connectivity index (χ1n) is 4.40. The quantitative estimate of drug-likeness (QED) is 0.468. The molecule has 0 rings (SSSR count). The van der Waals surface area contributed by atoms with Gasteiger partial charge >= 0.3 is 5.97 Å². The van der Waals surface area contributed by atoms with Gasteiger partial charge in [-0.05, 0) is 19.3 Å². The molecule has 0 aromatic rings. The van der Waals surface area contributed by atoms with Gasteiger partial charge in [0, 0.05) is 5.57 Å². The molecule has 2 nitrogen and oxygen atoms in total. The maximum Gasteiger partial charge on any atom is 0.333 e. The minimum Gasteiger partial charge on any atom is -0.462 e. The van der Waals surface area contributed by atoms with Crippen molar-refractivity contribution >= 4 is 5.97 Å². The van der Waals surface area contributed by atoms with Crippen LogP contribution < -0.4 is 0 Å². The molecular weight excluding hydrogens is 152 g/mol. The van der Waals surface area contributed by atoms with Gasteiger partial charge in [0.1, 0.15) is 0 Å². The fourth-order valence-electron chi connectivity index (χ4n) is 0.917. The number of hydrogen-bond acceptors (Lipinski definition) is 2. The summed E-state index contributed by atoms with van der Waals surface area (Å²) in [5, 5.41) is 0. The van der Waals surface area contributed by atoms with Crippen LogP contribution in [0.1, 0.15) is 33.6 Å². The van der Waals surface area contributed by atoms with Gasteiger partial charge in [-0.15, -0.1) is 0 Å². The molecule has 12 heavy (non-hydrogen) atoms. The molecule has 0 aliphatic heterocycles. The molecule has 0 saturated carbocycles. The highest BCUT2D eigenvalue weighted by Gasteiger charge is 2.06. The molecule has 0 fully saturated rings. The highest BCUT2D eigenvalue weighted by molar-refractivity contribution is 5.86. The van der Waals surface area contributed by atoms with Gasteiger partial charge < -0.3 is 4.74 Å². The van der Waals surface area contributed by atoms with E-state index >= 15 is 0 Å². The van der Waals surface area contributed by atoms with Crippen LogP contribution >= 0.6 is 0 Å². The molecule has 0 bridgehead atoms. The Bertz CT molecular complexity index is 161. The molecule has 0 spiro atoms. The summed E-state index contributed by atoms with van der Waals surface area (Å²) in [5.74, 6) is 0.177. The minimum atomic E-state index is -0.280. The summed E-state index contributed by atoms with van der Waals surface area (Å²) >= 11 is 0. The standard InChI is InChI=1S/C10H18O2/c1-5-6-9(4)7-12-10(11)8(2)3/h9H,2,5-7H2,1,3-4H3. The molecule has 0 amide bonds. The number of rotatable bonds is 5. The van der Waals surface area contributed by atoms with E-state index in [4.69, 9.17) is 4.74 Å². The first-order chi connectivity index (χ1) is 5.57. The first-order valence-corrected chi connectivity index (χ1v) is 4.40. The predicted octanol–water partition coefficient (Wildman–Crippen LogP) is 2.54. The van der Waals surface area contributed by atoms with Crippen LogP contribution in [-0.4, -0.2) is 12.6 Å². The van der Waals surface area contributed by atoms with Crippen molar-refractivity contribution in [1.82, 2.24) is 0 Å². The molecule has 0 N–H and O–H groups in total. The Morgan fingerprint density at radius 1 is 1.58 bits per heavy atom. The molecule has 0 aliphatic carbocycles. The Morgan fingerprint density at radius 3 is 2.58 bits per heavy atom. The van der Waals surface area contributed by atoms with Crippen LogP contribution in [0.2, 0.25) is 0 Å². The van der Waals surface area contributed by atoms with Gasteiger partial charge in [-0.3, -0.25) is 0 Å². The molecule has 70 valence electrons. The van der Waals surface area contributed by atoms with Crippen LogP contribution in [0, 0.1) is 5.92 Å². The highest BCUT2D eigenvalue weighted by atomic mass is 16.5. The van der Waals surface area contributed by atoms with E-state index in [1.807, 2.05) is 0 Å². The van der Waals surface area contributed by atoms with Crippen molar-refractivity contribution in [3.8, 4) is 0 Å².